The van der Waals surface area contributed by atoms with Crippen molar-refractivity contribution < 1.29 is 9.90 Å². The van der Waals surface area contributed by atoms with E-state index in [-0.39, 0.29) is 18.4 Å². The Balaban J connectivity index is 1.64. The molecule has 1 aliphatic carbocycles. The number of rotatable bonds is 2. The second-order valence-corrected chi connectivity index (χ2v) is 6.66. The summed E-state index contributed by atoms with van der Waals surface area (Å²) in [5.41, 5.74) is 3.22. The van der Waals surface area contributed by atoms with Crippen LogP contribution in [0.15, 0.2) is 35.5 Å². The molecule has 1 aromatic heterocycles. The van der Waals surface area contributed by atoms with Gasteiger partial charge >= 0.3 is 0 Å². The SMILES string of the molecule is O=C1Cc2cnc(N=CC3CCC(O)CC3)nc2-c2ccccc2N1. The van der Waals surface area contributed by atoms with Crippen LogP contribution in [0, 0.1) is 5.92 Å². The molecular weight excluding hydrogens is 316 g/mol. The Morgan fingerprint density at radius 1 is 1.20 bits per heavy atom. The summed E-state index contributed by atoms with van der Waals surface area (Å²) in [6, 6.07) is 7.64. The lowest BCUT2D eigenvalue weighted by atomic mass is 9.88. The number of aromatic nitrogens is 2. The van der Waals surface area contributed by atoms with Gasteiger partial charge in [0.05, 0.1) is 23.9 Å². The number of aliphatic hydroxyl groups excluding tert-OH is 1. The molecule has 2 N–H and O–H groups in total. The molecule has 2 heterocycles. The second kappa shape index (κ2) is 6.72. The number of fused-ring (bicyclic) bond motifs is 3. The molecule has 1 saturated carbocycles. The number of hydrogen-bond donors (Lipinski definition) is 2. The Kier molecular flexibility index (Phi) is 4.28. The van der Waals surface area contributed by atoms with E-state index in [0.29, 0.717) is 11.9 Å². The van der Waals surface area contributed by atoms with E-state index in [0.717, 1.165) is 48.2 Å². The van der Waals surface area contributed by atoms with Gasteiger partial charge in [0.25, 0.3) is 0 Å². The van der Waals surface area contributed by atoms with E-state index < -0.39 is 0 Å². The zero-order chi connectivity index (χ0) is 17.2. The molecule has 6 heteroatoms. The normalized spacial score (nSPS) is 22.8. The largest absolute Gasteiger partial charge is 0.393 e. The number of amides is 1. The van der Waals surface area contributed by atoms with Crippen molar-refractivity contribution in [2.45, 2.75) is 38.2 Å². The third-order valence-corrected chi connectivity index (χ3v) is 4.80. The average molecular weight is 336 g/mol. The molecule has 0 bridgehead atoms. The smallest absolute Gasteiger partial charge is 0.249 e. The molecule has 2 aliphatic rings. The van der Waals surface area contributed by atoms with E-state index in [1.54, 1.807) is 6.20 Å². The molecule has 1 aliphatic heterocycles. The highest BCUT2D eigenvalue weighted by atomic mass is 16.3. The minimum atomic E-state index is -0.171. The predicted molar refractivity (Wildman–Crippen MR) is 95.9 cm³/mol. The van der Waals surface area contributed by atoms with Gasteiger partial charge in [-0.15, -0.1) is 0 Å². The summed E-state index contributed by atoms with van der Waals surface area (Å²) in [6.45, 7) is 0. The Bertz CT molecular complexity index is 826. The van der Waals surface area contributed by atoms with Crippen LogP contribution in [0.1, 0.15) is 31.2 Å². The third kappa shape index (κ3) is 3.44. The van der Waals surface area contributed by atoms with Crippen molar-refractivity contribution in [1.82, 2.24) is 9.97 Å². The summed E-state index contributed by atoms with van der Waals surface area (Å²) >= 11 is 0. The zero-order valence-electron chi connectivity index (χ0n) is 13.9. The number of carbonyl (C=O) groups excluding carboxylic acids is 1. The molecular formula is C19H20N4O2. The van der Waals surface area contributed by atoms with Crippen molar-refractivity contribution in [3.8, 4) is 11.3 Å². The van der Waals surface area contributed by atoms with E-state index in [1.165, 1.54) is 0 Å². The number of aliphatic imine (C=N–C) groups is 1. The monoisotopic (exact) mass is 336 g/mol. The van der Waals surface area contributed by atoms with Crippen LogP contribution in [0.3, 0.4) is 0 Å². The molecule has 128 valence electrons. The fourth-order valence-corrected chi connectivity index (χ4v) is 3.41. The first-order valence-corrected chi connectivity index (χ1v) is 8.66. The Morgan fingerprint density at radius 2 is 2.00 bits per heavy atom. The summed E-state index contributed by atoms with van der Waals surface area (Å²) in [5.74, 6) is 0.710. The van der Waals surface area contributed by atoms with Crippen LogP contribution in [0.2, 0.25) is 0 Å². The van der Waals surface area contributed by atoms with Crippen LogP contribution in [0.25, 0.3) is 11.3 Å². The zero-order valence-corrected chi connectivity index (χ0v) is 13.9. The van der Waals surface area contributed by atoms with Gasteiger partial charge in [-0.05, 0) is 37.7 Å². The van der Waals surface area contributed by atoms with E-state index in [2.05, 4.69) is 20.3 Å². The van der Waals surface area contributed by atoms with Gasteiger partial charge < -0.3 is 10.4 Å². The quantitative estimate of drug-likeness (QED) is 0.826. The van der Waals surface area contributed by atoms with Crippen molar-refractivity contribution in [1.29, 1.82) is 0 Å². The molecule has 6 nitrogen and oxygen atoms in total. The lowest BCUT2D eigenvalue weighted by Gasteiger charge is -2.21. The Morgan fingerprint density at radius 3 is 2.84 bits per heavy atom. The van der Waals surface area contributed by atoms with Crippen molar-refractivity contribution in [3.05, 3.63) is 36.0 Å². The van der Waals surface area contributed by atoms with Gasteiger partial charge in [0.1, 0.15) is 0 Å². The molecule has 0 saturated heterocycles. The van der Waals surface area contributed by atoms with Crippen LogP contribution >= 0.6 is 0 Å². The van der Waals surface area contributed by atoms with Crippen molar-refractivity contribution in [2.24, 2.45) is 10.9 Å². The predicted octanol–water partition coefficient (Wildman–Crippen LogP) is 2.89. The van der Waals surface area contributed by atoms with Gasteiger partial charge in [0.2, 0.25) is 11.9 Å². The number of nitrogens with zero attached hydrogens (tertiary/aromatic N) is 3. The number of hydrogen-bond acceptors (Lipinski definition) is 5. The molecule has 0 spiro atoms. The minimum Gasteiger partial charge on any atom is -0.393 e. The lowest BCUT2D eigenvalue weighted by molar-refractivity contribution is -0.115. The summed E-state index contributed by atoms with van der Waals surface area (Å²) in [4.78, 5) is 25.4. The average Bonchev–Trinajstić information content (AvgIpc) is 2.76. The lowest BCUT2D eigenvalue weighted by Crippen LogP contribution is -2.18. The van der Waals surface area contributed by atoms with Gasteiger partial charge in [0.15, 0.2) is 0 Å². The standard InChI is InChI=1S/C19H20N4O2/c24-14-7-5-12(6-8-14)10-20-19-21-11-13-9-17(25)22-16-4-2-1-3-15(16)18(13)23-19/h1-4,10-12,14,24H,5-9H2,(H,22,25). The van der Waals surface area contributed by atoms with E-state index in [1.807, 2.05) is 30.5 Å². The van der Waals surface area contributed by atoms with Gasteiger partial charge in [-0.1, -0.05) is 18.2 Å². The molecule has 1 amide bonds. The molecule has 0 unspecified atom stereocenters. The third-order valence-electron chi connectivity index (χ3n) is 4.80. The van der Waals surface area contributed by atoms with Crippen LogP contribution < -0.4 is 5.32 Å². The Labute approximate surface area is 146 Å². The molecule has 4 rings (SSSR count). The number of carbonyl (C=O) groups is 1. The maximum absolute atomic E-state index is 12.0. The number of nitrogens with one attached hydrogen (secondary N) is 1. The van der Waals surface area contributed by atoms with Crippen LogP contribution in [0.4, 0.5) is 11.6 Å². The summed E-state index contributed by atoms with van der Waals surface area (Å²) in [5, 5.41) is 12.5. The number of benzene rings is 1. The van der Waals surface area contributed by atoms with Gasteiger partial charge in [-0.2, -0.15) is 0 Å². The molecule has 25 heavy (non-hydrogen) atoms. The van der Waals surface area contributed by atoms with Gasteiger partial charge in [-0.25, -0.2) is 15.0 Å². The number of anilines is 1. The summed E-state index contributed by atoms with van der Waals surface area (Å²) < 4.78 is 0. The first-order chi connectivity index (χ1) is 12.2. The number of aliphatic hydroxyl groups is 1. The van der Waals surface area contributed by atoms with Gasteiger partial charge in [0, 0.05) is 23.5 Å². The maximum Gasteiger partial charge on any atom is 0.249 e. The van der Waals surface area contributed by atoms with Crippen molar-refractivity contribution in [3.63, 3.8) is 0 Å². The molecule has 0 atom stereocenters. The number of para-hydroxylation sites is 1. The molecule has 1 fully saturated rings. The molecule has 1 aromatic carbocycles. The highest BCUT2D eigenvalue weighted by Crippen LogP contribution is 2.33. The first-order valence-electron chi connectivity index (χ1n) is 8.66. The van der Waals surface area contributed by atoms with Crippen molar-refractivity contribution >= 4 is 23.8 Å². The van der Waals surface area contributed by atoms with E-state index in [4.69, 9.17) is 0 Å². The van der Waals surface area contributed by atoms with Crippen LogP contribution in [-0.4, -0.2) is 33.3 Å². The highest BCUT2D eigenvalue weighted by molar-refractivity contribution is 5.99. The topological polar surface area (TPSA) is 87.5 Å². The van der Waals surface area contributed by atoms with Crippen LogP contribution in [0.5, 0.6) is 0 Å². The summed E-state index contributed by atoms with van der Waals surface area (Å²) in [6.07, 6.45) is 7.21. The first kappa shape index (κ1) is 15.9. The van der Waals surface area contributed by atoms with Crippen LogP contribution in [-0.2, 0) is 11.2 Å². The van der Waals surface area contributed by atoms with E-state index >= 15 is 0 Å². The molecule has 0 radical (unpaired) electrons. The van der Waals surface area contributed by atoms with Crippen molar-refractivity contribution in [2.75, 3.05) is 5.32 Å². The van der Waals surface area contributed by atoms with E-state index in [9.17, 15) is 9.90 Å². The van der Waals surface area contributed by atoms with Gasteiger partial charge in [-0.3, -0.25) is 4.79 Å². The fraction of sp³-hybridized carbons (Fsp3) is 0.368. The second-order valence-electron chi connectivity index (χ2n) is 6.66. The Hall–Kier alpha value is -2.60. The summed E-state index contributed by atoms with van der Waals surface area (Å²) in [7, 11) is 0. The highest BCUT2D eigenvalue weighted by Gasteiger charge is 2.21. The fourth-order valence-electron chi connectivity index (χ4n) is 3.41. The molecule has 2 aromatic rings. The minimum absolute atomic E-state index is 0.0631. The maximum atomic E-state index is 12.0.